The van der Waals surface area contributed by atoms with Crippen molar-refractivity contribution in [3.8, 4) is 0 Å². The predicted octanol–water partition coefficient (Wildman–Crippen LogP) is 4.86. The Hall–Kier alpha value is -3.41. The van der Waals surface area contributed by atoms with Crippen LogP contribution in [0.3, 0.4) is 0 Å². The van der Waals surface area contributed by atoms with Gasteiger partial charge < -0.3 is 9.84 Å². The summed E-state index contributed by atoms with van der Waals surface area (Å²) >= 11 is 0. The molecule has 3 heterocycles. The van der Waals surface area contributed by atoms with Gasteiger partial charge in [-0.15, -0.1) is 0 Å². The maximum absolute atomic E-state index is 14.0. The Kier molecular flexibility index (Phi) is 9.50. The zero-order chi connectivity index (χ0) is 29.7. The van der Waals surface area contributed by atoms with Crippen LogP contribution in [0.5, 0.6) is 0 Å². The van der Waals surface area contributed by atoms with Gasteiger partial charge >= 0.3 is 0 Å². The van der Waals surface area contributed by atoms with Gasteiger partial charge in [0.15, 0.2) is 10.7 Å². The van der Waals surface area contributed by atoms with Gasteiger partial charge in [0, 0.05) is 37.7 Å². The SMILES string of the molecule is Cc1noc(/C=C/c2ccccc2F)c1S(=O)(=O)N1CCC(C(=O)NCC2CCN(Cc3ccc(F)cc3)CC2)CC1. The molecule has 0 bridgehead atoms. The lowest BCUT2D eigenvalue weighted by Crippen LogP contribution is -2.44. The number of nitrogens with one attached hydrogen (secondary N) is 1. The van der Waals surface area contributed by atoms with Crippen LogP contribution in [-0.2, 0) is 21.4 Å². The van der Waals surface area contributed by atoms with Crippen LogP contribution in [0.15, 0.2) is 57.9 Å². The van der Waals surface area contributed by atoms with Crippen molar-refractivity contribution in [1.29, 1.82) is 0 Å². The van der Waals surface area contributed by atoms with Crippen molar-refractivity contribution in [2.75, 3.05) is 32.7 Å². The minimum atomic E-state index is -3.93. The molecule has 3 aromatic rings. The molecule has 224 valence electrons. The highest BCUT2D eigenvalue weighted by molar-refractivity contribution is 7.89. The summed E-state index contributed by atoms with van der Waals surface area (Å²) in [6, 6.07) is 12.8. The first kappa shape index (κ1) is 30.1. The first-order valence-electron chi connectivity index (χ1n) is 14.3. The summed E-state index contributed by atoms with van der Waals surface area (Å²) in [5.74, 6) is -0.507. The number of rotatable bonds is 9. The van der Waals surface area contributed by atoms with E-state index in [1.165, 1.54) is 34.7 Å². The first-order valence-corrected chi connectivity index (χ1v) is 15.8. The maximum atomic E-state index is 14.0. The van der Waals surface area contributed by atoms with Gasteiger partial charge in [0.05, 0.1) is 0 Å². The standard InChI is InChI=1S/C31H36F2N4O4S/c1-22-30(29(41-35-22)11-8-25-4-2-3-5-28(25)33)42(39,40)37-18-14-26(15-19-37)31(38)34-20-23-12-16-36(17-13-23)21-24-6-9-27(32)10-7-24/h2-11,23,26H,12-21H2,1H3,(H,34,38)/b11-8+. The van der Waals surface area contributed by atoms with Crippen molar-refractivity contribution < 1.29 is 26.5 Å². The van der Waals surface area contributed by atoms with Gasteiger partial charge in [-0.25, -0.2) is 17.2 Å². The number of likely N-dealkylation sites (tertiary alicyclic amines) is 1. The molecule has 0 unspecified atom stereocenters. The van der Waals surface area contributed by atoms with Crippen molar-refractivity contribution in [1.82, 2.24) is 19.7 Å². The summed E-state index contributed by atoms with van der Waals surface area (Å²) in [6.45, 7) is 5.23. The van der Waals surface area contributed by atoms with Crippen LogP contribution in [0.1, 0.15) is 48.3 Å². The van der Waals surface area contributed by atoms with Crippen molar-refractivity contribution in [3.05, 3.63) is 82.7 Å². The quantitative estimate of drug-likeness (QED) is 0.378. The number of carbonyl (C=O) groups is 1. The molecular weight excluding hydrogens is 562 g/mol. The normalized spacial score (nSPS) is 18.1. The molecular formula is C31H36F2N4O4S. The summed E-state index contributed by atoms with van der Waals surface area (Å²) < 4.78 is 60.9. The minimum Gasteiger partial charge on any atom is -0.356 e. The second kappa shape index (κ2) is 13.3. The summed E-state index contributed by atoms with van der Waals surface area (Å²) in [4.78, 5) is 15.2. The molecule has 42 heavy (non-hydrogen) atoms. The van der Waals surface area contributed by atoms with Gasteiger partial charge in [0.1, 0.15) is 17.3 Å². The number of carbonyl (C=O) groups excluding carboxylic acids is 1. The van der Waals surface area contributed by atoms with E-state index in [1.54, 1.807) is 25.1 Å². The number of aromatic nitrogens is 1. The highest BCUT2D eigenvalue weighted by Crippen LogP contribution is 2.29. The second-order valence-electron chi connectivity index (χ2n) is 11.1. The Morgan fingerprint density at radius 2 is 1.69 bits per heavy atom. The molecule has 0 spiro atoms. The number of hydrogen-bond acceptors (Lipinski definition) is 6. The van der Waals surface area contributed by atoms with Crippen LogP contribution in [-0.4, -0.2) is 61.4 Å². The zero-order valence-electron chi connectivity index (χ0n) is 23.6. The lowest BCUT2D eigenvalue weighted by molar-refractivity contribution is -0.126. The van der Waals surface area contributed by atoms with Gasteiger partial charge in [0.2, 0.25) is 15.9 Å². The number of sulfonamides is 1. The molecule has 2 fully saturated rings. The van der Waals surface area contributed by atoms with Crippen LogP contribution in [0.4, 0.5) is 8.78 Å². The summed E-state index contributed by atoms with van der Waals surface area (Å²) in [7, 11) is -3.93. The number of aryl methyl sites for hydroxylation is 1. The molecule has 0 saturated carbocycles. The van der Waals surface area contributed by atoms with Crippen LogP contribution in [0.2, 0.25) is 0 Å². The van der Waals surface area contributed by atoms with Crippen LogP contribution < -0.4 is 5.32 Å². The highest BCUT2D eigenvalue weighted by Gasteiger charge is 2.36. The number of piperidine rings is 2. The second-order valence-corrected chi connectivity index (χ2v) is 13.0. The molecule has 1 amide bonds. The Balaban J connectivity index is 1.10. The minimum absolute atomic E-state index is 0.0320. The van der Waals surface area contributed by atoms with Crippen LogP contribution >= 0.6 is 0 Å². The fourth-order valence-corrected chi connectivity index (χ4v) is 7.37. The summed E-state index contributed by atoms with van der Waals surface area (Å²) in [6.07, 6.45) is 5.67. The Bertz CT molecular complexity index is 1510. The van der Waals surface area contributed by atoms with E-state index in [9.17, 15) is 22.0 Å². The van der Waals surface area contributed by atoms with E-state index in [0.29, 0.717) is 30.9 Å². The van der Waals surface area contributed by atoms with E-state index < -0.39 is 15.8 Å². The lowest BCUT2D eigenvalue weighted by atomic mass is 9.94. The maximum Gasteiger partial charge on any atom is 0.248 e. The number of amides is 1. The zero-order valence-corrected chi connectivity index (χ0v) is 24.5. The van der Waals surface area contributed by atoms with Crippen LogP contribution in [0, 0.1) is 30.4 Å². The third kappa shape index (κ3) is 7.14. The average Bonchev–Trinajstić information content (AvgIpc) is 3.38. The number of halogens is 2. The molecule has 5 rings (SSSR count). The van der Waals surface area contributed by atoms with Crippen molar-refractivity contribution in [3.63, 3.8) is 0 Å². The van der Waals surface area contributed by atoms with E-state index in [2.05, 4.69) is 15.4 Å². The number of benzene rings is 2. The first-order chi connectivity index (χ1) is 20.2. The van der Waals surface area contributed by atoms with Crippen molar-refractivity contribution in [2.24, 2.45) is 11.8 Å². The third-order valence-electron chi connectivity index (χ3n) is 8.17. The van der Waals surface area contributed by atoms with Gasteiger partial charge in [-0.05, 0) is 87.5 Å². The van der Waals surface area contributed by atoms with E-state index in [0.717, 1.165) is 38.0 Å². The molecule has 1 aromatic heterocycles. The Morgan fingerprint density at radius 1 is 1.00 bits per heavy atom. The summed E-state index contributed by atoms with van der Waals surface area (Å²) in [5.41, 5.74) is 1.62. The molecule has 8 nitrogen and oxygen atoms in total. The highest BCUT2D eigenvalue weighted by atomic mass is 32.2. The average molecular weight is 599 g/mol. The van der Waals surface area contributed by atoms with E-state index >= 15 is 0 Å². The molecule has 2 aliphatic heterocycles. The molecule has 1 N–H and O–H groups in total. The van der Waals surface area contributed by atoms with Gasteiger partial charge in [0.25, 0.3) is 0 Å². The topological polar surface area (TPSA) is 95.8 Å². The number of hydrogen-bond donors (Lipinski definition) is 1. The fraction of sp³-hybridized carbons (Fsp3) is 0.419. The fourth-order valence-electron chi connectivity index (χ4n) is 5.65. The largest absolute Gasteiger partial charge is 0.356 e. The number of nitrogens with zero attached hydrogens (tertiary/aromatic N) is 3. The van der Waals surface area contributed by atoms with Gasteiger partial charge in [-0.2, -0.15) is 4.31 Å². The van der Waals surface area contributed by atoms with Crippen LogP contribution in [0.25, 0.3) is 12.2 Å². The molecule has 0 aliphatic carbocycles. The Labute approximate surface area is 245 Å². The molecule has 0 atom stereocenters. The molecule has 2 aliphatic rings. The lowest BCUT2D eigenvalue weighted by Gasteiger charge is -2.33. The molecule has 0 radical (unpaired) electrons. The van der Waals surface area contributed by atoms with Gasteiger partial charge in [-0.3, -0.25) is 9.69 Å². The van der Waals surface area contributed by atoms with E-state index in [4.69, 9.17) is 4.52 Å². The van der Waals surface area contributed by atoms with Crippen molar-refractivity contribution in [2.45, 2.75) is 44.0 Å². The predicted molar refractivity (Wildman–Crippen MR) is 155 cm³/mol. The Morgan fingerprint density at radius 3 is 2.38 bits per heavy atom. The van der Waals surface area contributed by atoms with Gasteiger partial charge in [-0.1, -0.05) is 35.5 Å². The molecule has 2 saturated heterocycles. The monoisotopic (exact) mass is 598 g/mol. The summed E-state index contributed by atoms with van der Waals surface area (Å²) in [5, 5.41) is 6.94. The van der Waals surface area contributed by atoms with E-state index in [-0.39, 0.29) is 47.1 Å². The third-order valence-corrected chi connectivity index (χ3v) is 10.2. The van der Waals surface area contributed by atoms with E-state index in [1.807, 2.05) is 12.1 Å². The smallest absolute Gasteiger partial charge is 0.248 e. The molecule has 11 heteroatoms. The molecule has 2 aromatic carbocycles. The van der Waals surface area contributed by atoms with Crippen molar-refractivity contribution >= 4 is 28.1 Å².